The van der Waals surface area contributed by atoms with Crippen molar-refractivity contribution in [2.75, 3.05) is 0 Å². The third kappa shape index (κ3) is 5.71. The summed E-state index contributed by atoms with van der Waals surface area (Å²) in [6, 6.07) is 77.4. The van der Waals surface area contributed by atoms with Gasteiger partial charge in [0.15, 0.2) is 28.8 Å². The zero-order chi connectivity index (χ0) is 44.0. The molecular formula is C62H42N2O2. The molecule has 1 aliphatic heterocycles. The summed E-state index contributed by atoms with van der Waals surface area (Å²) in [7, 11) is 0. The highest BCUT2D eigenvalue weighted by Gasteiger charge is 2.48. The molecule has 0 spiro atoms. The van der Waals surface area contributed by atoms with Crippen LogP contribution in [0, 0.1) is 0 Å². The van der Waals surface area contributed by atoms with Gasteiger partial charge in [0.25, 0.3) is 0 Å². The van der Waals surface area contributed by atoms with E-state index in [2.05, 4.69) is 220 Å². The zero-order valence-corrected chi connectivity index (χ0v) is 36.5. The van der Waals surface area contributed by atoms with Crippen molar-refractivity contribution in [3.05, 3.63) is 252 Å². The third-order valence-electron chi connectivity index (χ3n) is 14.1. The van der Waals surface area contributed by atoms with Gasteiger partial charge in [-0.2, -0.15) is 0 Å². The number of aromatic nitrogens is 2. The van der Waals surface area contributed by atoms with Crippen molar-refractivity contribution in [2.45, 2.75) is 24.7 Å². The van der Waals surface area contributed by atoms with E-state index in [-0.39, 0.29) is 5.41 Å². The predicted octanol–water partition coefficient (Wildman–Crippen LogP) is 15.7. The van der Waals surface area contributed by atoms with Crippen LogP contribution in [0.4, 0.5) is 0 Å². The summed E-state index contributed by atoms with van der Waals surface area (Å²) in [5, 5.41) is 0. The molecule has 0 atom stereocenters. The van der Waals surface area contributed by atoms with Crippen LogP contribution in [0.15, 0.2) is 218 Å². The Kier molecular flexibility index (Phi) is 8.44. The molecule has 3 aliphatic rings. The van der Waals surface area contributed by atoms with Crippen molar-refractivity contribution < 1.29 is 9.47 Å². The van der Waals surface area contributed by atoms with Crippen molar-refractivity contribution in [1.82, 2.24) is 9.97 Å². The van der Waals surface area contributed by atoms with E-state index in [9.17, 15) is 0 Å². The maximum atomic E-state index is 6.92. The van der Waals surface area contributed by atoms with E-state index in [1.165, 1.54) is 44.5 Å². The van der Waals surface area contributed by atoms with Crippen LogP contribution in [0.5, 0.6) is 23.0 Å². The van der Waals surface area contributed by atoms with E-state index in [1.807, 2.05) is 12.1 Å². The van der Waals surface area contributed by atoms with Crippen LogP contribution in [0.2, 0.25) is 0 Å². The molecule has 0 unspecified atom stereocenters. The highest BCUT2D eigenvalue weighted by molar-refractivity contribution is 5.92. The van der Waals surface area contributed by atoms with Gasteiger partial charge in [-0.15, -0.1) is 0 Å². The lowest BCUT2D eigenvalue weighted by Crippen LogP contribution is -2.28. The smallest absolute Gasteiger partial charge is 0.178 e. The molecule has 0 saturated carbocycles. The SMILES string of the molecule is CC1(C)c2ccccc2-c2ccc(-c3nc(-c4ccccc4)cc(-c4ccc(-c5ccc6c(c5)Oc5ccc7c(c5O6)-c5ccccc5C7(c5ccccc5)c5ccccc5)cc4)n3)cc21. The van der Waals surface area contributed by atoms with Crippen LogP contribution in [0.25, 0.3) is 67.3 Å². The minimum Gasteiger partial charge on any atom is -0.449 e. The molecule has 2 heterocycles. The molecule has 1 aromatic heterocycles. The molecule has 4 heteroatoms. The molecular weight excluding hydrogens is 805 g/mol. The number of hydrogen-bond donors (Lipinski definition) is 0. The number of nitrogens with zero attached hydrogens (tertiary/aromatic N) is 2. The lowest BCUT2D eigenvalue weighted by atomic mass is 9.68. The third-order valence-corrected chi connectivity index (χ3v) is 14.1. The van der Waals surface area contributed by atoms with Crippen LogP contribution >= 0.6 is 0 Å². The monoisotopic (exact) mass is 846 g/mol. The first-order valence-corrected chi connectivity index (χ1v) is 22.6. The van der Waals surface area contributed by atoms with Gasteiger partial charge < -0.3 is 9.47 Å². The van der Waals surface area contributed by atoms with Crippen molar-refractivity contribution in [1.29, 1.82) is 0 Å². The average molecular weight is 847 g/mol. The van der Waals surface area contributed by atoms with E-state index in [1.54, 1.807) is 0 Å². The first-order chi connectivity index (χ1) is 32.4. The number of rotatable bonds is 6. The summed E-state index contributed by atoms with van der Waals surface area (Å²) in [4.78, 5) is 10.4. The fraction of sp³-hybridized carbons (Fsp3) is 0.0645. The molecule has 0 amide bonds. The lowest BCUT2D eigenvalue weighted by Gasteiger charge is -2.34. The van der Waals surface area contributed by atoms with Crippen molar-refractivity contribution in [2.24, 2.45) is 0 Å². The molecule has 10 aromatic rings. The van der Waals surface area contributed by atoms with Gasteiger partial charge in [-0.1, -0.05) is 202 Å². The zero-order valence-electron chi connectivity index (χ0n) is 36.5. The normalized spacial score (nSPS) is 14.1. The van der Waals surface area contributed by atoms with Gasteiger partial charge in [0.2, 0.25) is 0 Å². The van der Waals surface area contributed by atoms with Gasteiger partial charge in [0.1, 0.15) is 0 Å². The van der Waals surface area contributed by atoms with Gasteiger partial charge in [-0.25, -0.2) is 9.97 Å². The number of fused-ring (bicyclic) bond motifs is 9. The largest absolute Gasteiger partial charge is 0.449 e. The van der Waals surface area contributed by atoms with Gasteiger partial charge in [-0.3, -0.25) is 0 Å². The molecule has 0 saturated heterocycles. The van der Waals surface area contributed by atoms with Crippen LogP contribution in [0.1, 0.15) is 47.2 Å². The Morgan fingerprint density at radius 3 is 1.61 bits per heavy atom. The summed E-state index contributed by atoms with van der Waals surface area (Å²) in [5.41, 5.74) is 18.5. The summed E-state index contributed by atoms with van der Waals surface area (Å²) in [5.74, 6) is 3.52. The molecule has 0 bridgehead atoms. The van der Waals surface area contributed by atoms with Crippen LogP contribution < -0.4 is 9.47 Å². The van der Waals surface area contributed by atoms with Gasteiger partial charge in [0, 0.05) is 27.7 Å². The van der Waals surface area contributed by atoms with E-state index in [0.29, 0.717) is 23.1 Å². The lowest BCUT2D eigenvalue weighted by molar-refractivity contribution is 0.360. The van der Waals surface area contributed by atoms with Gasteiger partial charge >= 0.3 is 0 Å². The van der Waals surface area contributed by atoms with Gasteiger partial charge in [-0.05, 0) is 91.5 Å². The van der Waals surface area contributed by atoms with Crippen LogP contribution in [0.3, 0.4) is 0 Å². The van der Waals surface area contributed by atoms with Gasteiger partial charge in [0.05, 0.1) is 16.8 Å². The Morgan fingerprint density at radius 1 is 0.348 bits per heavy atom. The van der Waals surface area contributed by atoms with Crippen molar-refractivity contribution in [3.8, 4) is 90.3 Å². The predicted molar refractivity (Wildman–Crippen MR) is 265 cm³/mol. The van der Waals surface area contributed by atoms with Crippen LogP contribution in [-0.4, -0.2) is 9.97 Å². The number of ether oxygens (including phenoxy) is 2. The molecule has 0 radical (unpaired) electrons. The minimum atomic E-state index is -0.522. The molecule has 0 fully saturated rings. The molecule has 312 valence electrons. The maximum Gasteiger partial charge on any atom is 0.178 e. The standard InChI is InChI=1S/C62H42N2O2/c1-61(2)49-24-14-12-22-46(49)47-32-30-43(36-52(47)61)60-63-53(40-16-6-3-7-17-40)38-54(64-60)41-28-26-39(27-29-41)42-31-34-55-57(37-42)65-56-35-33-51-58(59(56)66-55)48-23-13-15-25-50(48)62(51,44-18-8-4-9-19-44)45-20-10-5-11-21-45/h3-38H,1-2H3. The number of benzene rings is 9. The molecule has 13 rings (SSSR count). The Morgan fingerprint density at radius 2 is 0.894 bits per heavy atom. The second-order valence-electron chi connectivity index (χ2n) is 18.0. The molecule has 9 aromatic carbocycles. The highest BCUT2D eigenvalue weighted by Crippen LogP contribution is 2.62. The van der Waals surface area contributed by atoms with Crippen LogP contribution in [-0.2, 0) is 10.8 Å². The van der Waals surface area contributed by atoms with E-state index >= 15 is 0 Å². The van der Waals surface area contributed by atoms with Crippen molar-refractivity contribution in [3.63, 3.8) is 0 Å². The Balaban J connectivity index is 0.845. The van der Waals surface area contributed by atoms with Crippen molar-refractivity contribution >= 4 is 0 Å². The molecule has 0 N–H and O–H groups in total. The Hall–Kier alpha value is -8.34. The fourth-order valence-electron chi connectivity index (χ4n) is 10.9. The minimum absolute atomic E-state index is 0.126. The van der Waals surface area contributed by atoms with E-state index < -0.39 is 5.41 Å². The summed E-state index contributed by atoms with van der Waals surface area (Å²) in [6.45, 7) is 4.62. The summed E-state index contributed by atoms with van der Waals surface area (Å²) >= 11 is 0. The summed E-state index contributed by atoms with van der Waals surface area (Å²) in [6.07, 6.45) is 0. The quantitative estimate of drug-likeness (QED) is 0.167. The first kappa shape index (κ1) is 38.1. The molecule has 66 heavy (non-hydrogen) atoms. The molecule has 2 aliphatic carbocycles. The maximum absolute atomic E-state index is 6.92. The van der Waals surface area contributed by atoms with E-state index in [0.717, 1.165) is 56.1 Å². The Bertz CT molecular complexity index is 3500. The van der Waals surface area contributed by atoms with E-state index in [4.69, 9.17) is 19.4 Å². The second-order valence-corrected chi connectivity index (χ2v) is 18.0. The Labute approximate surface area is 384 Å². The highest BCUT2D eigenvalue weighted by atomic mass is 16.6. The average Bonchev–Trinajstić information content (AvgIpc) is 3.82. The second kappa shape index (κ2) is 14.6. The number of hydrogen-bond acceptors (Lipinski definition) is 4. The fourth-order valence-corrected chi connectivity index (χ4v) is 10.9. The topological polar surface area (TPSA) is 44.2 Å². The first-order valence-electron chi connectivity index (χ1n) is 22.6. The summed E-state index contributed by atoms with van der Waals surface area (Å²) < 4.78 is 13.7. The molecule has 4 nitrogen and oxygen atoms in total.